The van der Waals surface area contributed by atoms with Crippen molar-refractivity contribution in [2.24, 2.45) is 11.8 Å². The molecule has 3 atom stereocenters. The monoisotopic (exact) mass is 384 g/mol. The summed E-state index contributed by atoms with van der Waals surface area (Å²) in [5, 5.41) is 3.16. The number of carbonyl (C=O) groups excluding carboxylic acids is 1. The maximum Gasteiger partial charge on any atom is 0.264 e. The second-order valence-corrected chi connectivity index (χ2v) is 9.56. The maximum absolute atomic E-state index is 12.8. The topological polar surface area (TPSA) is 66.5 Å². The molecule has 0 radical (unpaired) electrons. The van der Waals surface area contributed by atoms with Gasteiger partial charge >= 0.3 is 0 Å². The van der Waals surface area contributed by atoms with E-state index in [1.165, 1.54) is 30.6 Å². The maximum atomic E-state index is 12.8. The Labute approximate surface area is 160 Å². The van der Waals surface area contributed by atoms with E-state index in [2.05, 4.69) is 5.32 Å². The molecular weight excluding hydrogens is 360 g/mol. The summed E-state index contributed by atoms with van der Waals surface area (Å²) in [6, 6.07) is 15.4. The third-order valence-corrected chi connectivity index (χ3v) is 7.73. The molecule has 142 valence electrons. The quantitative estimate of drug-likeness (QED) is 0.859. The van der Waals surface area contributed by atoms with Crippen molar-refractivity contribution in [3.05, 3.63) is 60.2 Å². The molecule has 1 N–H and O–H groups in total. The SMILES string of the molecule is CN(c1cccc(C(=O)N[C@@H]2C[C@@H]3CC[C@@H]2C3)c1)S(=O)(=O)c1ccccc1. The van der Waals surface area contributed by atoms with E-state index >= 15 is 0 Å². The van der Waals surface area contributed by atoms with Gasteiger partial charge in [0.2, 0.25) is 0 Å². The van der Waals surface area contributed by atoms with E-state index in [4.69, 9.17) is 0 Å². The molecule has 2 bridgehead atoms. The molecule has 0 unspecified atom stereocenters. The molecule has 0 saturated heterocycles. The van der Waals surface area contributed by atoms with Gasteiger partial charge in [0.05, 0.1) is 10.6 Å². The third-order valence-electron chi connectivity index (χ3n) is 5.93. The molecule has 4 rings (SSSR count). The van der Waals surface area contributed by atoms with Crippen molar-refractivity contribution >= 4 is 21.6 Å². The first kappa shape index (κ1) is 18.0. The van der Waals surface area contributed by atoms with Gasteiger partial charge in [0.25, 0.3) is 15.9 Å². The molecule has 0 aromatic heterocycles. The number of hydrogen-bond donors (Lipinski definition) is 1. The van der Waals surface area contributed by atoms with E-state index < -0.39 is 10.0 Å². The van der Waals surface area contributed by atoms with Crippen LogP contribution in [0.1, 0.15) is 36.0 Å². The van der Waals surface area contributed by atoms with Gasteiger partial charge in [-0.1, -0.05) is 30.7 Å². The van der Waals surface area contributed by atoms with Crippen molar-refractivity contribution in [1.82, 2.24) is 5.32 Å². The average molecular weight is 385 g/mol. The molecule has 0 spiro atoms. The van der Waals surface area contributed by atoms with Gasteiger partial charge in [-0.15, -0.1) is 0 Å². The van der Waals surface area contributed by atoms with Crippen molar-refractivity contribution in [3.8, 4) is 0 Å². The van der Waals surface area contributed by atoms with Gasteiger partial charge in [-0.2, -0.15) is 0 Å². The minimum Gasteiger partial charge on any atom is -0.349 e. The highest BCUT2D eigenvalue weighted by molar-refractivity contribution is 7.92. The van der Waals surface area contributed by atoms with Gasteiger partial charge < -0.3 is 5.32 Å². The Morgan fingerprint density at radius 3 is 2.48 bits per heavy atom. The van der Waals surface area contributed by atoms with Crippen LogP contribution in [0, 0.1) is 11.8 Å². The van der Waals surface area contributed by atoms with Crippen LogP contribution in [0.5, 0.6) is 0 Å². The fourth-order valence-corrected chi connectivity index (χ4v) is 5.61. The van der Waals surface area contributed by atoms with Gasteiger partial charge in [-0.25, -0.2) is 8.42 Å². The second kappa shape index (κ2) is 7.00. The molecule has 2 saturated carbocycles. The normalized spacial score (nSPS) is 24.0. The van der Waals surface area contributed by atoms with Gasteiger partial charge in [-0.3, -0.25) is 9.10 Å². The molecular formula is C21H24N2O3S. The lowest BCUT2D eigenvalue weighted by Gasteiger charge is -2.23. The zero-order valence-electron chi connectivity index (χ0n) is 15.3. The molecule has 0 heterocycles. The molecule has 0 aliphatic heterocycles. The van der Waals surface area contributed by atoms with Crippen LogP contribution in [-0.2, 0) is 10.0 Å². The number of nitrogens with one attached hydrogen (secondary N) is 1. The number of amides is 1. The van der Waals surface area contributed by atoms with E-state index in [1.807, 2.05) is 0 Å². The summed E-state index contributed by atoms with van der Waals surface area (Å²) in [6.45, 7) is 0. The molecule has 2 fully saturated rings. The van der Waals surface area contributed by atoms with Crippen molar-refractivity contribution in [3.63, 3.8) is 0 Å². The Balaban J connectivity index is 1.52. The molecule has 1 amide bonds. The summed E-state index contributed by atoms with van der Waals surface area (Å²) in [5.41, 5.74) is 0.963. The average Bonchev–Trinajstić information content (AvgIpc) is 3.31. The van der Waals surface area contributed by atoms with Crippen LogP contribution in [0.3, 0.4) is 0 Å². The second-order valence-electron chi connectivity index (χ2n) is 7.59. The summed E-state index contributed by atoms with van der Waals surface area (Å²) in [7, 11) is -2.15. The van der Waals surface area contributed by atoms with E-state index in [9.17, 15) is 13.2 Å². The summed E-state index contributed by atoms with van der Waals surface area (Å²) in [6.07, 6.45) is 4.78. The number of hydrogen-bond acceptors (Lipinski definition) is 3. The third kappa shape index (κ3) is 3.46. The van der Waals surface area contributed by atoms with Gasteiger partial charge in [0.15, 0.2) is 0 Å². The zero-order chi connectivity index (χ0) is 19.0. The van der Waals surface area contributed by atoms with E-state index in [-0.39, 0.29) is 16.8 Å². The molecule has 27 heavy (non-hydrogen) atoms. The van der Waals surface area contributed by atoms with Crippen molar-refractivity contribution < 1.29 is 13.2 Å². The number of fused-ring (bicyclic) bond motifs is 2. The fraction of sp³-hybridized carbons (Fsp3) is 0.381. The standard InChI is InChI=1S/C21H24N2O3S/c1-23(27(25,26)19-8-3-2-4-9-19)18-7-5-6-17(14-18)21(24)22-20-13-15-10-11-16(20)12-15/h2-9,14-16,20H,10-13H2,1H3,(H,22,24)/t15-,16-,20-/m1/s1. The summed E-state index contributed by atoms with van der Waals surface area (Å²) >= 11 is 0. The first-order valence-electron chi connectivity index (χ1n) is 9.40. The molecule has 2 aromatic rings. The highest BCUT2D eigenvalue weighted by atomic mass is 32.2. The predicted octanol–water partition coefficient (Wildman–Crippen LogP) is 3.43. The predicted molar refractivity (Wildman–Crippen MR) is 105 cm³/mol. The van der Waals surface area contributed by atoms with Crippen LogP contribution >= 0.6 is 0 Å². The number of benzene rings is 2. The number of rotatable bonds is 5. The highest BCUT2D eigenvalue weighted by Gasteiger charge is 2.40. The first-order valence-corrected chi connectivity index (χ1v) is 10.8. The van der Waals surface area contributed by atoms with Crippen LogP contribution in [0.25, 0.3) is 0 Å². The lowest BCUT2D eigenvalue weighted by Crippen LogP contribution is -2.38. The molecule has 2 aromatic carbocycles. The van der Waals surface area contributed by atoms with E-state index in [1.54, 1.807) is 54.6 Å². The Morgan fingerprint density at radius 1 is 1.04 bits per heavy atom. The Kier molecular flexibility index (Phi) is 4.68. The molecule has 2 aliphatic carbocycles. The number of anilines is 1. The largest absolute Gasteiger partial charge is 0.349 e. The summed E-state index contributed by atoms with van der Waals surface area (Å²) in [4.78, 5) is 12.9. The summed E-state index contributed by atoms with van der Waals surface area (Å²) in [5.74, 6) is 1.23. The molecule has 5 nitrogen and oxygen atoms in total. The Bertz CT molecular complexity index is 943. The van der Waals surface area contributed by atoms with Crippen LogP contribution < -0.4 is 9.62 Å². The highest BCUT2D eigenvalue weighted by Crippen LogP contribution is 2.44. The zero-order valence-corrected chi connectivity index (χ0v) is 16.2. The van der Waals surface area contributed by atoms with Crippen LogP contribution in [-0.4, -0.2) is 27.4 Å². The Hall–Kier alpha value is -2.34. The minimum atomic E-state index is -3.66. The van der Waals surface area contributed by atoms with Gasteiger partial charge in [0.1, 0.15) is 0 Å². The van der Waals surface area contributed by atoms with Gasteiger partial charge in [0, 0.05) is 18.7 Å². The molecule has 6 heteroatoms. The van der Waals surface area contributed by atoms with Crippen molar-refractivity contribution in [2.75, 3.05) is 11.4 Å². The van der Waals surface area contributed by atoms with Crippen LogP contribution in [0.15, 0.2) is 59.5 Å². The number of sulfonamides is 1. The van der Waals surface area contributed by atoms with Crippen LogP contribution in [0.4, 0.5) is 5.69 Å². The number of nitrogens with zero attached hydrogens (tertiary/aromatic N) is 1. The fourth-order valence-electron chi connectivity index (χ4n) is 4.41. The first-order chi connectivity index (χ1) is 12.9. The van der Waals surface area contributed by atoms with E-state index in [0.29, 0.717) is 17.2 Å². The number of carbonyl (C=O) groups is 1. The minimum absolute atomic E-state index is 0.125. The summed E-state index contributed by atoms with van der Waals surface area (Å²) < 4.78 is 26.8. The van der Waals surface area contributed by atoms with Crippen molar-refractivity contribution in [1.29, 1.82) is 0 Å². The smallest absolute Gasteiger partial charge is 0.264 e. The lowest BCUT2D eigenvalue weighted by molar-refractivity contribution is 0.0923. The van der Waals surface area contributed by atoms with Crippen LogP contribution in [0.2, 0.25) is 0 Å². The van der Waals surface area contributed by atoms with Gasteiger partial charge in [-0.05, 0) is 61.4 Å². The molecule has 2 aliphatic rings. The van der Waals surface area contributed by atoms with E-state index in [0.717, 1.165) is 12.3 Å². The Morgan fingerprint density at radius 2 is 1.81 bits per heavy atom. The lowest BCUT2D eigenvalue weighted by atomic mass is 9.95. The van der Waals surface area contributed by atoms with Crippen molar-refractivity contribution in [2.45, 2.75) is 36.6 Å².